The van der Waals surface area contributed by atoms with Gasteiger partial charge in [0.1, 0.15) is 11.2 Å². The van der Waals surface area contributed by atoms with Crippen LogP contribution in [0.5, 0.6) is 0 Å². The minimum absolute atomic E-state index is 0.0682. The highest BCUT2D eigenvalue weighted by molar-refractivity contribution is 7.26. The zero-order valence-corrected chi connectivity index (χ0v) is 26.8. The number of thiophene rings is 1. The molecular formula is C45H27N3OS. The number of para-hydroxylation sites is 2. The van der Waals surface area contributed by atoms with Crippen molar-refractivity contribution in [2.75, 3.05) is 0 Å². The minimum atomic E-state index is -0.545. The molecule has 0 saturated carbocycles. The van der Waals surface area contributed by atoms with E-state index in [9.17, 15) is 0 Å². The van der Waals surface area contributed by atoms with Crippen LogP contribution < -0.4 is 0 Å². The van der Waals surface area contributed by atoms with E-state index >= 15 is 0 Å². The van der Waals surface area contributed by atoms with E-state index in [1.54, 1.807) is 12.1 Å². The Balaban J connectivity index is 1.23. The van der Waals surface area contributed by atoms with Gasteiger partial charge in [-0.3, -0.25) is 0 Å². The average molecular weight is 668 g/mol. The normalized spacial score (nSPS) is 14.4. The lowest BCUT2D eigenvalue weighted by Gasteiger charge is -2.09. The quantitative estimate of drug-likeness (QED) is 0.183. The van der Waals surface area contributed by atoms with Gasteiger partial charge in [-0.1, -0.05) is 133 Å². The standard InChI is InChI=1S/C45H27N3OS/c1-4-13-28(14-5-1)32-25-37(29-15-6-2-7-16-29)42-38(26-32)34-24-23-31(27-40(34)50-42)44-46-43(30-17-8-3-9-18-30)47-45(48-44)36-21-12-20-35-33-19-10-11-22-39(33)49-41(35)36/h1-27H/i1D,2D,4D,5D,6D,7D,13D,14D,15D,16D. The number of fused-ring (bicyclic) bond motifs is 6. The Bertz CT molecular complexity index is 3400. The first-order chi connectivity index (χ1) is 28.9. The van der Waals surface area contributed by atoms with E-state index in [1.165, 1.54) is 11.3 Å². The molecule has 4 nitrogen and oxygen atoms in total. The Morgan fingerprint density at radius 2 is 1.16 bits per heavy atom. The zero-order valence-electron chi connectivity index (χ0n) is 36.0. The van der Waals surface area contributed by atoms with Crippen molar-refractivity contribution in [3.63, 3.8) is 0 Å². The summed E-state index contributed by atoms with van der Waals surface area (Å²) in [6.45, 7) is 0. The average Bonchev–Trinajstić information content (AvgIpc) is 3.85. The van der Waals surface area contributed by atoms with Crippen LogP contribution in [-0.4, -0.2) is 15.0 Å². The van der Waals surface area contributed by atoms with Crippen molar-refractivity contribution in [3.05, 3.63) is 164 Å². The highest BCUT2D eigenvalue weighted by atomic mass is 32.1. The molecule has 10 rings (SSSR count). The first kappa shape index (κ1) is 20.2. The molecule has 0 amide bonds. The molecule has 5 heteroatoms. The van der Waals surface area contributed by atoms with Crippen LogP contribution in [0.2, 0.25) is 0 Å². The summed E-state index contributed by atoms with van der Waals surface area (Å²) in [5.74, 6) is 1.25. The zero-order chi connectivity index (χ0) is 41.7. The van der Waals surface area contributed by atoms with E-state index in [4.69, 9.17) is 33.1 Å². The maximum atomic E-state index is 8.89. The third kappa shape index (κ3) is 4.79. The lowest BCUT2D eigenvalue weighted by molar-refractivity contribution is 0.669. The van der Waals surface area contributed by atoms with Gasteiger partial charge in [0.25, 0.3) is 0 Å². The number of nitrogens with zero attached hydrogens (tertiary/aromatic N) is 3. The SMILES string of the molecule is [2H]c1c([2H])c([2H])c(-c2cc(-c3c([2H])c([2H])c([2H])c([2H])c3[2H])c3sc4cc(-c5nc(-c6ccccc6)nc(-c6cccc7c6oc6ccccc67)n5)ccc4c3c2)c([2H])c1[2H]. The van der Waals surface area contributed by atoms with E-state index in [0.717, 1.165) is 32.0 Å². The molecule has 0 atom stereocenters. The van der Waals surface area contributed by atoms with Gasteiger partial charge >= 0.3 is 0 Å². The molecule has 0 unspecified atom stereocenters. The highest BCUT2D eigenvalue weighted by Gasteiger charge is 2.19. The van der Waals surface area contributed by atoms with Crippen LogP contribution in [-0.2, 0) is 0 Å². The van der Waals surface area contributed by atoms with Gasteiger partial charge in [-0.05, 0) is 47.0 Å². The number of furan rings is 1. The van der Waals surface area contributed by atoms with Crippen molar-refractivity contribution in [2.45, 2.75) is 0 Å². The summed E-state index contributed by atoms with van der Waals surface area (Å²) in [5.41, 5.74) is 3.87. The Morgan fingerprint density at radius 3 is 1.98 bits per heavy atom. The molecule has 0 N–H and O–H groups in total. The molecule has 0 fully saturated rings. The van der Waals surface area contributed by atoms with Crippen LogP contribution in [0.1, 0.15) is 13.7 Å². The van der Waals surface area contributed by atoms with Gasteiger partial charge in [0.2, 0.25) is 0 Å². The maximum Gasteiger partial charge on any atom is 0.167 e. The fraction of sp³-hybridized carbons (Fsp3) is 0. The fourth-order valence-corrected chi connectivity index (χ4v) is 7.63. The summed E-state index contributed by atoms with van der Waals surface area (Å²) in [7, 11) is 0. The van der Waals surface area contributed by atoms with E-state index in [0.29, 0.717) is 44.3 Å². The van der Waals surface area contributed by atoms with E-state index in [2.05, 4.69) is 0 Å². The van der Waals surface area contributed by atoms with Crippen molar-refractivity contribution < 1.29 is 18.1 Å². The second-order valence-corrected chi connectivity index (χ2v) is 12.7. The Hall–Kier alpha value is -6.43. The smallest absolute Gasteiger partial charge is 0.167 e. The molecule has 10 aromatic rings. The van der Waals surface area contributed by atoms with Gasteiger partial charge in [-0.15, -0.1) is 11.3 Å². The van der Waals surface area contributed by atoms with Crippen molar-refractivity contribution in [1.82, 2.24) is 15.0 Å². The van der Waals surface area contributed by atoms with Gasteiger partial charge in [0, 0.05) is 47.6 Å². The molecule has 7 aromatic carbocycles. The first-order valence-electron chi connectivity index (χ1n) is 20.8. The van der Waals surface area contributed by atoms with Crippen LogP contribution in [0.25, 0.3) is 98.5 Å². The molecule has 0 aliphatic carbocycles. The molecule has 0 radical (unpaired) electrons. The van der Waals surface area contributed by atoms with Gasteiger partial charge in [-0.25, -0.2) is 15.0 Å². The molecular weight excluding hydrogens is 631 g/mol. The Kier molecular flexibility index (Phi) is 4.69. The monoisotopic (exact) mass is 667 g/mol. The van der Waals surface area contributed by atoms with Gasteiger partial charge in [-0.2, -0.15) is 0 Å². The molecule has 0 saturated heterocycles. The minimum Gasteiger partial charge on any atom is -0.455 e. The van der Waals surface area contributed by atoms with Crippen LogP contribution >= 0.6 is 11.3 Å². The van der Waals surface area contributed by atoms with Crippen molar-refractivity contribution >= 4 is 53.4 Å². The number of rotatable bonds is 5. The Labute approximate surface area is 306 Å². The molecule has 0 aliphatic heterocycles. The number of aromatic nitrogens is 3. The summed E-state index contributed by atoms with van der Waals surface area (Å²) in [4.78, 5) is 14.9. The van der Waals surface area contributed by atoms with Gasteiger partial charge < -0.3 is 4.42 Å². The fourth-order valence-electron chi connectivity index (χ4n) is 6.39. The summed E-state index contributed by atoms with van der Waals surface area (Å²) in [6, 6.07) is 27.4. The Morgan fingerprint density at radius 1 is 0.460 bits per heavy atom. The van der Waals surface area contributed by atoms with E-state index in [1.807, 2.05) is 91.0 Å². The number of hydrogen-bond donors (Lipinski definition) is 0. The number of hydrogen-bond acceptors (Lipinski definition) is 5. The lowest BCUT2D eigenvalue weighted by atomic mass is 9.96. The van der Waals surface area contributed by atoms with Crippen LogP contribution in [0.3, 0.4) is 0 Å². The third-order valence-corrected chi connectivity index (χ3v) is 9.90. The molecule has 0 aliphatic rings. The van der Waals surface area contributed by atoms with Gasteiger partial charge in [0.15, 0.2) is 17.5 Å². The highest BCUT2D eigenvalue weighted by Crippen LogP contribution is 2.44. The molecule has 0 bridgehead atoms. The number of benzene rings is 7. The molecule has 0 spiro atoms. The molecule has 234 valence electrons. The predicted octanol–water partition coefficient (Wildman–Crippen LogP) is 12.5. The second-order valence-electron chi connectivity index (χ2n) is 11.7. The van der Waals surface area contributed by atoms with E-state index in [-0.39, 0.29) is 22.3 Å². The van der Waals surface area contributed by atoms with Crippen LogP contribution in [0.15, 0.2) is 168 Å². The summed E-state index contributed by atoms with van der Waals surface area (Å²) in [6.07, 6.45) is 0. The predicted molar refractivity (Wildman–Crippen MR) is 207 cm³/mol. The summed E-state index contributed by atoms with van der Waals surface area (Å²) in [5, 5.41) is 3.23. The lowest BCUT2D eigenvalue weighted by Crippen LogP contribution is -2.00. The van der Waals surface area contributed by atoms with Crippen LogP contribution in [0.4, 0.5) is 0 Å². The van der Waals surface area contributed by atoms with E-state index < -0.39 is 60.4 Å². The van der Waals surface area contributed by atoms with Crippen molar-refractivity contribution in [3.8, 4) is 56.4 Å². The maximum absolute atomic E-state index is 8.89. The largest absolute Gasteiger partial charge is 0.455 e. The second kappa shape index (κ2) is 11.6. The van der Waals surface area contributed by atoms with Crippen molar-refractivity contribution in [2.24, 2.45) is 0 Å². The first-order valence-corrected chi connectivity index (χ1v) is 16.6. The third-order valence-electron chi connectivity index (χ3n) is 8.70. The summed E-state index contributed by atoms with van der Waals surface area (Å²) >= 11 is 1.33. The van der Waals surface area contributed by atoms with Crippen molar-refractivity contribution in [1.29, 1.82) is 0 Å². The topological polar surface area (TPSA) is 51.8 Å². The van der Waals surface area contributed by atoms with Gasteiger partial charge in [0.05, 0.1) is 19.3 Å². The van der Waals surface area contributed by atoms with Crippen LogP contribution in [0, 0.1) is 0 Å². The summed E-state index contributed by atoms with van der Waals surface area (Å²) < 4.78 is 93.1. The molecule has 3 aromatic heterocycles. The molecule has 3 heterocycles. The molecule has 50 heavy (non-hydrogen) atoms.